The Kier molecular flexibility index (Phi) is 7.72. The van der Waals surface area contributed by atoms with E-state index in [-0.39, 0.29) is 51.4 Å². The van der Waals surface area contributed by atoms with Crippen molar-refractivity contribution < 1.29 is 0 Å². The molecule has 0 atom stereocenters. The maximum absolute atomic E-state index is 3.38. The molecule has 0 amide bonds. The second kappa shape index (κ2) is 7.88. The number of aromatic nitrogens is 8. The van der Waals surface area contributed by atoms with Crippen molar-refractivity contribution in [2.75, 3.05) is 0 Å². The zero-order chi connectivity index (χ0) is 7.07. The normalized spacial score (nSPS) is 7.27. The smallest absolute Gasteiger partial charge is 0.161 e. The monoisotopic (exact) mass is 179 g/mol. The standard InChI is InChI=1S/2CH2N4.K/c2*1-2-4-5-3-1;/h2*1H,(H,2,3,4,5);. The van der Waals surface area contributed by atoms with Crippen LogP contribution in [0.1, 0.15) is 0 Å². The Morgan fingerprint density at radius 2 is 1.27 bits per heavy atom. The number of hydrogen-bond donors (Lipinski definition) is 2. The summed E-state index contributed by atoms with van der Waals surface area (Å²) < 4.78 is 0. The van der Waals surface area contributed by atoms with Crippen LogP contribution in [0.4, 0.5) is 0 Å². The van der Waals surface area contributed by atoms with Gasteiger partial charge in [-0.05, 0) is 0 Å². The maximum atomic E-state index is 3.38. The molecule has 1 radical (unpaired) electrons. The predicted octanol–water partition coefficient (Wildman–Crippen LogP) is -1.98. The van der Waals surface area contributed by atoms with Crippen molar-refractivity contribution >= 4 is 51.4 Å². The zero-order valence-corrected chi connectivity index (χ0v) is 8.96. The Bertz CT molecular complexity index is 151. The minimum Gasteiger partial charge on any atom is -0.177 e. The van der Waals surface area contributed by atoms with Gasteiger partial charge >= 0.3 is 0 Å². The molecule has 0 spiro atoms. The Morgan fingerprint density at radius 1 is 0.818 bits per heavy atom. The number of hydrogen-bond acceptors (Lipinski definition) is 6. The van der Waals surface area contributed by atoms with Gasteiger partial charge in [-0.25, -0.2) is 0 Å². The minimum absolute atomic E-state index is 0. The van der Waals surface area contributed by atoms with Crippen LogP contribution in [-0.2, 0) is 0 Å². The van der Waals surface area contributed by atoms with Crippen LogP contribution in [0.25, 0.3) is 0 Å². The molecule has 0 fully saturated rings. The van der Waals surface area contributed by atoms with E-state index in [4.69, 9.17) is 0 Å². The molecule has 0 aliphatic heterocycles. The van der Waals surface area contributed by atoms with Crippen molar-refractivity contribution in [2.45, 2.75) is 0 Å². The predicted molar refractivity (Wildman–Crippen MR) is 34.1 cm³/mol. The Hall–Kier alpha value is -0.224. The molecule has 0 bridgehead atoms. The average Bonchev–Trinajstić information content (AvgIpc) is 2.67. The van der Waals surface area contributed by atoms with Gasteiger partial charge in [0.1, 0.15) is 0 Å². The van der Waals surface area contributed by atoms with Crippen LogP contribution >= 0.6 is 0 Å². The van der Waals surface area contributed by atoms with E-state index in [0.717, 1.165) is 0 Å². The summed E-state index contributed by atoms with van der Waals surface area (Å²) >= 11 is 0. The van der Waals surface area contributed by atoms with Gasteiger partial charge in [-0.3, -0.25) is 0 Å². The summed E-state index contributed by atoms with van der Waals surface area (Å²) in [6.07, 6.45) is 2.67. The van der Waals surface area contributed by atoms with E-state index in [1.807, 2.05) is 0 Å². The molecule has 0 saturated carbocycles. The summed E-state index contributed by atoms with van der Waals surface area (Å²) in [6.45, 7) is 0. The molecule has 2 aromatic heterocycles. The van der Waals surface area contributed by atoms with E-state index in [0.29, 0.717) is 0 Å². The quantitative estimate of drug-likeness (QED) is 0.453. The molecule has 2 rings (SSSR count). The largest absolute Gasteiger partial charge is 0.177 e. The molecule has 9 heteroatoms. The third-order valence-corrected chi connectivity index (χ3v) is 0.539. The third-order valence-electron chi connectivity index (χ3n) is 0.539. The molecule has 2 aromatic rings. The molecule has 8 nitrogen and oxygen atoms in total. The van der Waals surface area contributed by atoms with Crippen molar-refractivity contribution in [1.82, 2.24) is 41.2 Å². The van der Waals surface area contributed by atoms with Crippen molar-refractivity contribution in [3.63, 3.8) is 0 Å². The second-order valence-electron chi connectivity index (χ2n) is 1.12. The number of tetrazole rings is 2. The SMILES string of the molecule is [K].c1nn[nH]n1.c1nn[nH]n1. The van der Waals surface area contributed by atoms with Gasteiger partial charge in [0.15, 0.2) is 12.7 Å². The number of aromatic amines is 2. The van der Waals surface area contributed by atoms with E-state index >= 15 is 0 Å². The summed E-state index contributed by atoms with van der Waals surface area (Å²) in [6, 6.07) is 0. The van der Waals surface area contributed by atoms with Crippen LogP contribution < -0.4 is 0 Å². The molecule has 0 aliphatic carbocycles. The summed E-state index contributed by atoms with van der Waals surface area (Å²) in [7, 11) is 0. The molecule has 53 valence electrons. The van der Waals surface area contributed by atoms with E-state index in [9.17, 15) is 0 Å². The van der Waals surface area contributed by atoms with Crippen LogP contribution in [-0.4, -0.2) is 92.6 Å². The first kappa shape index (κ1) is 10.8. The number of nitrogens with one attached hydrogen (secondary N) is 2. The summed E-state index contributed by atoms with van der Waals surface area (Å²) in [5.74, 6) is 0. The van der Waals surface area contributed by atoms with E-state index < -0.39 is 0 Å². The molecular weight excluding hydrogens is 175 g/mol. The van der Waals surface area contributed by atoms with Gasteiger partial charge in [0.05, 0.1) is 0 Å². The first-order chi connectivity index (χ1) is 5.00. The summed E-state index contributed by atoms with van der Waals surface area (Å²) in [5, 5.41) is 24.3. The molecule has 2 N–H and O–H groups in total. The minimum atomic E-state index is 0. The van der Waals surface area contributed by atoms with Crippen LogP contribution in [0.5, 0.6) is 0 Å². The molecular formula is C2H4KN8. The first-order valence-corrected chi connectivity index (χ1v) is 2.33. The molecule has 0 aromatic carbocycles. The zero-order valence-electron chi connectivity index (χ0n) is 5.84. The summed E-state index contributed by atoms with van der Waals surface area (Å²) in [4.78, 5) is 0. The van der Waals surface area contributed by atoms with Gasteiger partial charge in [-0.15, -0.1) is 20.4 Å². The van der Waals surface area contributed by atoms with Gasteiger partial charge in [-0.2, -0.15) is 10.4 Å². The van der Waals surface area contributed by atoms with E-state index in [1.165, 1.54) is 12.7 Å². The van der Waals surface area contributed by atoms with Crippen LogP contribution in [0, 0.1) is 0 Å². The Labute approximate surface area is 104 Å². The number of H-pyrrole nitrogens is 2. The maximum Gasteiger partial charge on any atom is 0.161 e. The van der Waals surface area contributed by atoms with Gasteiger partial charge in [0.25, 0.3) is 0 Å². The van der Waals surface area contributed by atoms with Crippen LogP contribution in [0.3, 0.4) is 0 Å². The number of nitrogens with zero attached hydrogens (tertiary/aromatic N) is 6. The fourth-order valence-corrected chi connectivity index (χ4v) is 0.258. The third kappa shape index (κ3) is 6.19. The fraction of sp³-hybridized carbons (Fsp3) is 0. The van der Waals surface area contributed by atoms with Crippen LogP contribution in [0.15, 0.2) is 12.7 Å². The van der Waals surface area contributed by atoms with Crippen molar-refractivity contribution in [2.24, 2.45) is 0 Å². The van der Waals surface area contributed by atoms with Gasteiger partial charge in [-0.1, -0.05) is 10.4 Å². The summed E-state index contributed by atoms with van der Waals surface area (Å²) in [5.41, 5.74) is 0. The Balaban J connectivity index is 0.000000167. The molecule has 0 unspecified atom stereocenters. The van der Waals surface area contributed by atoms with E-state index in [1.54, 1.807) is 0 Å². The Morgan fingerprint density at radius 3 is 1.36 bits per heavy atom. The van der Waals surface area contributed by atoms with Crippen molar-refractivity contribution in [3.8, 4) is 0 Å². The average molecular weight is 179 g/mol. The fourth-order valence-electron chi connectivity index (χ4n) is 0.258. The molecule has 11 heavy (non-hydrogen) atoms. The topological polar surface area (TPSA) is 109 Å². The second-order valence-corrected chi connectivity index (χ2v) is 1.12. The van der Waals surface area contributed by atoms with Gasteiger partial charge < -0.3 is 0 Å². The molecule has 2 heterocycles. The number of rotatable bonds is 0. The van der Waals surface area contributed by atoms with Crippen LogP contribution in [0.2, 0.25) is 0 Å². The van der Waals surface area contributed by atoms with Crippen molar-refractivity contribution in [1.29, 1.82) is 0 Å². The van der Waals surface area contributed by atoms with Gasteiger partial charge in [0.2, 0.25) is 0 Å². The van der Waals surface area contributed by atoms with Crippen molar-refractivity contribution in [3.05, 3.63) is 12.7 Å². The van der Waals surface area contributed by atoms with Gasteiger partial charge in [0, 0.05) is 51.4 Å². The molecule has 0 aliphatic rings. The first-order valence-electron chi connectivity index (χ1n) is 2.33. The van der Waals surface area contributed by atoms with E-state index in [2.05, 4.69) is 41.2 Å². The molecule has 0 saturated heterocycles.